The Hall–Kier alpha value is -2.44. The van der Waals surface area contributed by atoms with E-state index in [1.165, 1.54) is 7.11 Å². The van der Waals surface area contributed by atoms with E-state index in [4.69, 9.17) is 14.2 Å². The molecule has 0 fully saturated rings. The zero-order chi connectivity index (χ0) is 19.6. The van der Waals surface area contributed by atoms with Crippen LogP contribution in [-0.2, 0) is 6.42 Å². The van der Waals surface area contributed by atoms with Crippen molar-refractivity contribution < 1.29 is 29.5 Å². The first-order chi connectivity index (χ1) is 13.1. The van der Waals surface area contributed by atoms with Gasteiger partial charge in [-0.25, -0.2) is 0 Å². The molecule has 0 saturated carbocycles. The molecule has 6 nitrogen and oxygen atoms in total. The topological polar surface area (TPSA) is 88.4 Å². The summed E-state index contributed by atoms with van der Waals surface area (Å²) in [5, 5.41) is 30.0. The van der Waals surface area contributed by atoms with Crippen molar-refractivity contribution in [2.24, 2.45) is 11.8 Å². The van der Waals surface area contributed by atoms with E-state index in [2.05, 4.69) is 0 Å². The van der Waals surface area contributed by atoms with Gasteiger partial charge in [-0.15, -0.1) is 0 Å². The Morgan fingerprint density at radius 2 is 1.56 bits per heavy atom. The summed E-state index contributed by atoms with van der Waals surface area (Å²) in [7, 11) is 4.68. The minimum Gasteiger partial charge on any atom is -0.504 e. The number of aliphatic hydroxyl groups is 2. The van der Waals surface area contributed by atoms with Crippen molar-refractivity contribution in [3.05, 3.63) is 47.0 Å². The van der Waals surface area contributed by atoms with Crippen molar-refractivity contribution in [3.63, 3.8) is 0 Å². The van der Waals surface area contributed by atoms with Gasteiger partial charge in [-0.3, -0.25) is 0 Å². The molecule has 0 heterocycles. The van der Waals surface area contributed by atoms with Crippen LogP contribution in [0.15, 0.2) is 30.3 Å². The van der Waals surface area contributed by atoms with Gasteiger partial charge in [-0.2, -0.15) is 0 Å². The van der Waals surface area contributed by atoms with E-state index in [0.717, 1.165) is 16.7 Å². The van der Waals surface area contributed by atoms with Crippen molar-refractivity contribution in [3.8, 4) is 23.0 Å². The maximum atomic E-state index is 10.1. The fourth-order valence-electron chi connectivity index (χ4n) is 4.11. The molecule has 0 aromatic heterocycles. The highest BCUT2D eigenvalue weighted by Gasteiger charge is 2.38. The minimum absolute atomic E-state index is 0.0231. The van der Waals surface area contributed by atoms with Crippen LogP contribution in [0, 0.1) is 11.8 Å². The molecule has 3 N–H and O–H groups in total. The molecule has 27 heavy (non-hydrogen) atoms. The maximum Gasteiger partial charge on any atom is 0.161 e. The second kappa shape index (κ2) is 8.06. The fourth-order valence-corrected chi connectivity index (χ4v) is 4.11. The number of aliphatic hydroxyl groups excluding tert-OH is 2. The van der Waals surface area contributed by atoms with Crippen LogP contribution in [0.5, 0.6) is 23.0 Å². The number of phenolic OH excluding ortho intramolecular Hbond substituents is 1. The third kappa shape index (κ3) is 3.42. The Morgan fingerprint density at radius 1 is 0.889 bits per heavy atom. The van der Waals surface area contributed by atoms with Gasteiger partial charge in [0.05, 0.1) is 21.3 Å². The lowest BCUT2D eigenvalue weighted by molar-refractivity contribution is 0.101. The van der Waals surface area contributed by atoms with Crippen LogP contribution in [-0.4, -0.2) is 49.9 Å². The Kier molecular flexibility index (Phi) is 5.77. The maximum absolute atomic E-state index is 10.1. The van der Waals surface area contributed by atoms with Gasteiger partial charge < -0.3 is 29.5 Å². The molecule has 0 bridgehead atoms. The van der Waals surface area contributed by atoms with Gasteiger partial charge in [0, 0.05) is 19.1 Å². The molecule has 0 aliphatic heterocycles. The molecule has 6 heteroatoms. The SMILES string of the molecule is COc1cc([C@@H]2c3cc(OC)c(OC)cc3C[C@H](CO)[C@H]2CO)ccc1O. The molecule has 1 aliphatic carbocycles. The molecule has 0 unspecified atom stereocenters. The van der Waals surface area contributed by atoms with E-state index < -0.39 is 0 Å². The van der Waals surface area contributed by atoms with Gasteiger partial charge >= 0.3 is 0 Å². The number of phenols is 1. The Bertz CT molecular complexity index is 803. The first-order valence-corrected chi connectivity index (χ1v) is 8.91. The van der Waals surface area contributed by atoms with E-state index in [1.54, 1.807) is 26.4 Å². The quantitative estimate of drug-likeness (QED) is 0.719. The van der Waals surface area contributed by atoms with Crippen LogP contribution < -0.4 is 14.2 Å². The molecule has 1 aliphatic rings. The molecular formula is C21H26O6. The van der Waals surface area contributed by atoms with Gasteiger partial charge in [0.1, 0.15) is 0 Å². The van der Waals surface area contributed by atoms with E-state index in [9.17, 15) is 15.3 Å². The van der Waals surface area contributed by atoms with Crippen molar-refractivity contribution in [2.75, 3.05) is 34.5 Å². The van der Waals surface area contributed by atoms with Gasteiger partial charge in [-0.05, 0) is 59.2 Å². The number of aromatic hydroxyl groups is 1. The molecule has 3 rings (SSSR count). The van der Waals surface area contributed by atoms with Crippen molar-refractivity contribution >= 4 is 0 Å². The zero-order valence-corrected chi connectivity index (χ0v) is 15.8. The predicted octanol–water partition coefficient (Wildman–Crippen LogP) is 2.32. The van der Waals surface area contributed by atoms with Gasteiger partial charge in [-0.1, -0.05) is 6.07 Å². The van der Waals surface area contributed by atoms with Crippen molar-refractivity contribution in [1.82, 2.24) is 0 Å². The minimum atomic E-state index is -0.176. The van der Waals surface area contributed by atoms with E-state index in [1.807, 2.05) is 18.2 Å². The number of hydrogen-bond acceptors (Lipinski definition) is 6. The molecule has 0 radical (unpaired) electrons. The number of methoxy groups -OCH3 is 3. The number of fused-ring (bicyclic) bond motifs is 1. The van der Waals surface area contributed by atoms with Crippen LogP contribution >= 0.6 is 0 Å². The third-order valence-electron chi connectivity index (χ3n) is 5.50. The highest BCUT2D eigenvalue weighted by Crippen LogP contribution is 2.47. The molecule has 2 aromatic rings. The van der Waals surface area contributed by atoms with E-state index in [-0.39, 0.29) is 36.7 Å². The summed E-state index contributed by atoms with van der Waals surface area (Å²) in [5.41, 5.74) is 2.97. The molecular weight excluding hydrogens is 348 g/mol. The zero-order valence-electron chi connectivity index (χ0n) is 15.8. The van der Waals surface area contributed by atoms with E-state index >= 15 is 0 Å². The molecule has 2 aromatic carbocycles. The first-order valence-electron chi connectivity index (χ1n) is 8.91. The molecule has 146 valence electrons. The molecule has 0 amide bonds. The van der Waals surface area contributed by atoms with Gasteiger partial charge in [0.15, 0.2) is 23.0 Å². The molecule has 0 saturated heterocycles. The van der Waals surface area contributed by atoms with Crippen LogP contribution in [0.4, 0.5) is 0 Å². The summed E-state index contributed by atoms with van der Waals surface area (Å²) in [5.74, 6) is 1.25. The summed E-state index contributed by atoms with van der Waals surface area (Å²) in [6, 6.07) is 9.07. The number of ether oxygens (including phenoxy) is 3. The highest BCUT2D eigenvalue weighted by molar-refractivity contribution is 5.54. The van der Waals surface area contributed by atoms with Crippen LogP contribution in [0.2, 0.25) is 0 Å². The summed E-state index contributed by atoms with van der Waals surface area (Å²) < 4.78 is 16.2. The monoisotopic (exact) mass is 374 g/mol. The largest absolute Gasteiger partial charge is 0.504 e. The summed E-state index contributed by atoms with van der Waals surface area (Å²) in [4.78, 5) is 0. The lowest BCUT2D eigenvalue weighted by atomic mass is 9.67. The Balaban J connectivity index is 2.20. The smallest absolute Gasteiger partial charge is 0.161 e. The first kappa shape index (κ1) is 19.3. The van der Waals surface area contributed by atoms with Gasteiger partial charge in [0.25, 0.3) is 0 Å². The number of benzene rings is 2. The predicted molar refractivity (Wildman–Crippen MR) is 101 cm³/mol. The van der Waals surface area contributed by atoms with Crippen LogP contribution in [0.3, 0.4) is 0 Å². The van der Waals surface area contributed by atoms with Crippen molar-refractivity contribution in [1.29, 1.82) is 0 Å². The molecule has 0 spiro atoms. The number of hydrogen-bond donors (Lipinski definition) is 3. The second-order valence-corrected chi connectivity index (χ2v) is 6.81. The van der Waals surface area contributed by atoms with E-state index in [0.29, 0.717) is 23.7 Å². The van der Waals surface area contributed by atoms with Crippen LogP contribution in [0.1, 0.15) is 22.6 Å². The molecule has 3 atom stereocenters. The van der Waals surface area contributed by atoms with Gasteiger partial charge in [0.2, 0.25) is 0 Å². The Morgan fingerprint density at radius 3 is 2.15 bits per heavy atom. The fraction of sp³-hybridized carbons (Fsp3) is 0.429. The normalized spacial score (nSPS) is 21.4. The Labute approximate surface area is 158 Å². The second-order valence-electron chi connectivity index (χ2n) is 6.81. The highest BCUT2D eigenvalue weighted by atomic mass is 16.5. The number of rotatable bonds is 6. The van der Waals surface area contributed by atoms with Crippen LogP contribution in [0.25, 0.3) is 0 Å². The standard InChI is InChI=1S/C21H26O6/c1-25-18-7-12(4-5-17(18)24)21-15-9-20(27-3)19(26-2)8-13(15)6-14(10-22)16(21)11-23/h4-5,7-9,14,16,21-24H,6,10-11H2,1-3H3/t14-,16-,21-/m1/s1. The average molecular weight is 374 g/mol. The third-order valence-corrected chi connectivity index (χ3v) is 5.50. The summed E-state index contributed by atoms with van der Waals surface area (Å²) >= 11 is 0. The lowest BCUT2D eigenvalue weighted by Crippen LogP contribution is -2.35. The van der Waals surface area contributed by atoms with Crippen molar-refractivity contribution in [2.45, 2.75) is 12.3 Å². The average Bonchev–Trinajstić information content (AvgIpc) is 2.71. The lowest BCUT2D eigenvalue weighted by Gasteiger charge is -2.39. The summed E-state index contributed by atoms with van der Waals surface area (Å²) in [6.45, 7) is -0.0857. The summed E-state index contributed by atoms with van der Waals surface area (Å²) in [6.07, 6.45) is 0.642.